The Balaban J connectivity index is 1.95. The smallest absolute Gasteiger partial charge is 0.143 e. The summed E-state index contributed by atoms with van der Waals surface area (Å²) in [6, 6.07) is 6.67. The summed E-state index contributed by atoms with van der Waals surface area (Å²) in [6.45, 7) is 3.11. The van der Waals surface area contributed by atoms with E-state index in [1.165, 1.54) is 17.5 Å². The molecular weight excluding hydrogens is 302 g/mol. The van der Waals surface area contributed by atoms with Crippen LogP contribution in [0, 0.1) is 6.92 Å². The molecule has 1 atom stereocenters. The molecule has 1 aliphatic rings. The minimum atomic E-state index is 0.389. The van der Waals surface area contributed by atoms with Crippen molar-refractivity contribution >= 4 is 21.7 Å². The number of aryl methyl sites for hydroxylation is 1. The van der Waals surface area contributed by atoms with Crippen LogP contribution in [0.5, 0.6) is 0 Å². The molecule has 3 nitrogen and oxygen atoms in total. The van der Waals surface area contributed by atoms with E-state index in [0.717, 1.165) is 23.3 Å². The van der Waals surface area contributed by atoms with Gasteiger partial charge in [-0.15, -0.1) is 0 Å². The molecule has 2 aromatic heterocycles. The van der Waals surface area contributed by atoms with Gasteiger partial charge in [0.15, 0.2) is 0 Å². The highest BCUT2D eigenvalue weighted by Crippen LogP contribution is 2.37. The second-order valence-corrected chi connectivity index (χ2v) is 5.81. The van der Waals surface area contributed by atoms with E-state index in [-0.39, 0.29) is 0 Å². The van der Waals surface area contributed by atoms with E-state index >= 15 is 0 Å². The number of rotatable bonds is 2. The molecule has 98 valence electrons. The van der Waals surface area contributed by atoms with Gasteiger partial charge in [-0.3, -0.25) is 4.98 Å². The Hall–Kier alpha value is -1.42. The Morgan fingerprint density at radius 1 is 1.37 bits per heavy atom. The van der Waals surface area contributed by atoms with Crippen LogP contribution in [-0.2, 0) is 0 Å². The Morgan fingerprint density at radius 2 is 2.26 bits per heavy atom. The Bertz CT molecular complexity index is 571. The molecule has 0 N–H and O–H groups in total. The van der Waals surface area contributed by atoms with Crippen molar-refractivity contribution in [1.29, 1.82) is 0 Å². The molecule has 0 radical (unpaired) electrons. The maximum Gasteiger partial charge on any atom is 0.143 e. The highest BCUT2D eigenvalue weighted by molar-refractivity contribution is 9.10. The molecule has 1 unspecified atom stereocenters. The largest absolute Gasteiger partial charge is 0.349 e. The Labute approximate surface area is 121 Å². The van der Waals surface area contributed by atoms with E-state index in [4.69, 9.17) is 0 Å². The third-order valence-corrected chi connectivity index (χ3v) is 4.14. The molecular formula is C15H16BrN3. The summed E-state index contributed by atoms with van der Waals surface area (Å²) < 4.78 is 1.07. The summed E-state index contributed by atoms with van der Waals surface area (Å²) in [7, 11) is 0. The first-order valence-electron chi connectivity index (χ1n) is 6.54. The topological polar surface area (TPSA) is 29.0 Å². The van der Waals surface area contributed by atoms with E-state index in [1.807, 2.05) is 24.7 Å². The van der Waals surface area contributed by atoms with Crippen molar-refractivity contribution < 1.29 is 0 Å². The molecule has 1 fully saturated rings. The number of hydrogen-bond donors (Lipinski definition) is 0. The lowest BCUT2D eigenvalue weighted by Crippen LogP contribution is -2.24. The normalized spacial score (nSPS) is 18.8. The molecule has 0 saturated carbocycles. The van der Waals surface area contributed by atoms with Crippen molar-refractivity contribution in [2.45, 2.75) is 25.8 Å². The van der Waals surface area contributed by atoms with Crippen LogP contribution in [0.2, 0.25) is 0 Å². The van der Waals surface area contributed by atoms with Gasteiger partial charge in [0.05, 0.1) is 10.5 Å². The summed E-state index contributed by atoms with van der Waals surface area (Å²) in [5.41, 5.74) is 2.45. The molecule has 19 heavy (non-hydrogen) atoms. The molecule has 1 saturated heterocycles. The first-order chi connectivity index (χ1) is 9.25. The predicted molar refractivity (Wildman–Crippen MR) is 80.2 cm³/mol. The summed E-state index contributed by atoms with van der Waals surface area (Å²) in [4.78, 5) is 11.2. The zero-order chi connectivity index (χ0) is 13.2. The molecule has 3 heterocycles. The van der Waals surface area contributed by atoms with Crippen molar-refractivity contribution in [3.8, 4) is 0 Å². The lowest BCUT2D eigenvalue weighted by molar-refractivity contribution is 0.706. The molecule has 0 amide bonds. The Kier molecular flexibility index (Phi) is 3.51. The zero-order valence-electron chi connectivity index (χ0n) is 10.9. The van der Waals surface area contributed by atoms with Crippen molar-refractivity contribution in [1.82, 2.24) is 9.97 Å². The number of nitrogens with zero attached hydrogens (tertiary/aromatic N) is 3. The van der Waals surface area contributed by atoms with Gasteiger partial charge in [0.2, 0.25) is 0 Å². The summed E-state index contributed by atoms with van der Waals surface area (Å²) in [5.74, 6) is 1.04. The molecule has 0 aliphatic carbocycles. The lowest BCUT2D eigenvalue weighted by atomic mass is 10.1. The van der Waals surface area contributed by atoms with Gasteiger partial charge in [-0.05, 0) is 59.0 Å². The van der Waals surface area contributed by atoms with Crippen molar-refractivity contribution in [2.75, 3.05) is 11.4 Å². The average molecular weight is 318 g/mol. The number of anilines is 1. The number of aromatic nitrogens is 2. The fourth-order valence-corrected chi connectivity index (χ4v) is 3.37. The van der Waals surface area contributed by atoms with Crippen molar-refractivity contribution in [2.24, 2.45) is 0 Å². The molecule has 1 aliphatic heterocycles. The summed E-state index contributed by atoms with van der Waals surface area (Å²) in [6.07, 6.45) is 8.07. The van der Waals surface area contributed by atoms with E-state index in [2.05, 4.69) is 49.9 Å². The van der Waals surface area contributed by atoms with E-state index in [0.29, 0.717) is 6.04 Å². The van der Waals surface area contributed by atoms with Crippen LogP contribution < -0.4 is 4.90 Å². The number of halogens is 1. The van der Waals surface area contributed by atoms with Gasteiger partial charge in [-0.2, -0.15) is 0 Å². The fourth-order valence-electron chi connectivity index (χ4n) is 2.68. The Morgan fingerprint density at radius 3 is 3.00 bits per heavy atom. The number of pyridine rings is 2. The van der Waals surface area contributed by atoms with Gasteiger partial charge in [0, 0.05) is 25.1 Å². The van der Waals surface area contributed by atoms with Crippen LogP contribution in [-0.4, -0.2) is 16.5 Å². The van der Waals surface area contributed by atoms with Gasteiger partial charge in [-0.25, -0.2) is 4.98 Å². The molecule has 0 spiro atoms. The summed E-state index contributed by atoms with van der Waals surface area (Å²) in [5, 5.41) is 0. The van der Waals surface area contributed by atoms with Gasteiger partial charge in [0.25, 0.3) is 0 Å². The average Bonchev–Trinajstić information content (AvgIpc) is 2.89. The second kappa shape index (κ2) is 5.29. The molecule has 0 aromatic carbocycles. The predicted octanol–water partition coefficient (Wildman–Crippen LogP) is 3.89. The van der Waals surface area contributed by atoms with E-state index < -0.39 is 0 Å². The van der Waals surface area contributed by atoms with Crippen LogP contribution in [0.1, 0.15) is 30.0 Å². The highest BCUT2D eigenvalue weighted by Gasteiger charge is 2.28. The van der Waals surface area contributed by atoms with Crippen LogP contribution in [0.4, 0.5) is 5.82 Å². The molecule has 4 heteroatoms. The minimum absolute atomic E-state index is 0.389. The maximum atomic E-state index is 4.59. The van der Waals surface area contributed by atoms with Crippen LogP contribution in [0.15, 0.2) is 41.3 Å². The molecule has 0 bridgehead atoms. The maximum absolute atomic E-state index is 4.59. The van der Waals surface area contributed by atoms with Crippen LogP contribution >= 0.6 is 15.9 Å². The lowest BCUT2D eigenvalue weighted by Gasteiger charge is -2.26. The number of hydrogen-bond acceptors (Lipinski definition) is 3. The van der Waals surface area contributed by atoms with Gasteiger partial charge >= 0.3 is 0 Å². The standard InChI is InChI=1S/C15H16BrN3/c1-11-8-13(16)15(18-9-11)19-7-3-5-14(19)12-4-2-6-17-10-12/h2,4,6,8-10,14H,3,5,7H2,1H3. The van der Waals surface area contributed by atoms with Gasteiger partial charge in [-0.1, -0.05) is 6.07 Å². The summed E-state index contributed by atoms with van der Waals surface area (Å²) >= 11 is 3.64. The van der Waals surface area contributed by atoms with Gasteiger partial charge < -0.3 is 4.90 Å². The van der Waals surface area contributed by atoms with E-state index in [1.54, 1.807) is 0 Å². The van der Waals surface area contributed by atoms with Crippen molar-refractivity contribution in [3.63, 3.8) is 0 Å². The van der Waals surface area contributed by atoms with Crippen molar-refractivity contribution in [3.05, 3.63) is 52.4 Å². The first kappa shape index (κ1) is 12.6. The van der Waals surface area contributed by atoms with E-state index in [9.17, 15) is 0 Å². The SMILES string of the molecule is Cc1cnc(N2CCCC2c2cccnc2)c(Br)c1. The molecule has 3 rings (SSSR count). The van der Waals surface area contributed by atoms with Gasteiger partial charge in [0.1, 0.15) is 5.82 Å². The monoisotopic (exact) mass is 317 g/mol. The zero-order valence-corrected chi connectivity index (χ0v) is 12.5. The van der Waals surface area contributed by atoms with Crippen LogP contribution in [0.3, 0.4) is 0 Å². The second-order valence-electron chi connectivity index (χ2n) is 4.96. The fraction of sp³-hybridized carbons (Fsp3) is 0.333. The third-order valence-electron chi connectivity index (χ3n) is 3.55. The van der Waals surface area contributed by atoms with Crippen LogP contribution in [0.25, 0.3) is 0 Å². The quantitative estimate of drug-likeness (QED) is 0.841. The molecule has 2 aromatic rings. The third kappa shape index (κ3) is 2.50. The first-order valence-corrected chi connectivity index (χ1v) is 7.34. The highest BCUT2D eigenvalue weighted by atomic mass is 79.9. The minimum Gasteiger partial charge on any atom is -0.349 e.